The van der Waals surface area contributed by atoms with Gasteiger partial charge in [0, 0.05) is 25.7 Å². The van der Waals surface area contributed by atoms with Crippen LogP contribution in [0.1, 0.15) is 20.8 Å². The number of nitrogens with zero attached hydrogens (tertiary/aromatic N) is 3. The first-order valence-corrected chi connectivity index (χ1v) is 7.44. The summed E-state index contributed by atoms with van der Waals surface area (Å²) in [6.07, 6.45) is -6.71. The van der Waals surface area contributed by atoms with E-state index >= 15 is 0 Å². The summed E-state index contributed by atoms with van der Waals surface area (Å²) >= 11 is 0. The summed E-state index contributed by atoms with van der Waals surface area (Å²) in [6.45, 7) is 1.31. The Hall–Kier alpha value is -3.18. The van der Waals surface area contributed by atoms with E-state index in [4.69, 9.17) is 24.5 Å². The molecule has 0 rings (SSSR count). The second-order valence-corrected chi connectivity index (χ2v) is 4.96. The Bertz CT molecular complexity index is 616. The van der Waals surface area contributed by atoms with E-state index in [0.717, 1.165) is 20.8 Å². The van der Waals surface area contributed by atoms with Crippen molar-refractivity contribution in [3.63, 3.8) is 0 Å². The molecule has 0 aliphatic carbocycles. The van der Waals surface area contributed by atoms with Crippen LogP contribution in [-0.4, -0.2) is 72.8 Å². The van der Waals surface area contributed by atoms with Crippen molar-refractivity contribution in [2.24, 2.45) is 5.11 Å². The number of carbonyl (C=O) groups is 5. The summed E-state index contributed by atoms with van der Waals surface area (Å²) in [7, 11) is 0. The lowest BCUT2D eigenvalue weighted by atomic mass is 10.0. The number of aldehydes is 1. The van der Waals surface area contributed by atoms with Crippen molar-refractivity contribution < 1.29 is 48.0 Å². The Labute approximate surface area is 153 Å². The van der Waals surface area contributed by atoms with Gasteiger partial charge in [-0.2, -0.15) is 0 Å². The fraction of sp³-hybridized carbons (Fsp3) is 0.643. The summed E-state index contributed by atoms with van der Waals surface area (Å²) in [6, 6.07) is 0. The Morgan fingerprint density at radius 3 is 1.93 bits per heavy atom. The highest BCUT2D eigenvalue weighted by molar-refractivity contribution is 5.75. The summed E-state index contributed by atoms with van der Waals surface area (Å²) in [5.41, 5.74) is 8.19. The van der Waals surface area contributed by atoms with Crippen LogP contribution < -0.4 is 0 Å². The molecule has 0 spiro atoms. The van der Waals surface area contributed by atoms with Crippen molar-refractivity contribution >= 4 is 30.2 Å². The van der Waals surface area contributed by atoms with Crippen LogP contribution in [-0.2, 0) is 42.9 Å². The Morgan fingerprint density at radius 2 is 1.52 bits per heavy atom. The highest BCUT2D eigenvalue weighted by Gasteiger charge is 2.43. The molecule has 4 atom stereocenters. The van der Waals surface area contributed by atoms with Crippen molar-refractivity contribution in [2.75, 3.05) is 13.2 Å². The predicted octanol–water partition coefficient (Wildman–Crippen LogP) is -0.805. The molecule has 13 nitrogen and oxygen atoms in total. The second-order valence-electron chi connectivity index (χ2n) is 4.96. The molecule has 13 heteroatoms. The third kappa shape index (κ3) is 9.18. The molecule has 0 unspecified atom stereocenters. The van der Waals surface area contributed by atoms with Gasteiger partial charge < -0.3 is 24.1 Å². The van der Waals surface area contributed by atoms with Crippen molar-refractivity contribution in [2.45, 2.75) is 45.2 Å². The molecule has 0 bridgehead atoms. The Kier molecular flexibility index (Phi) is 10.8. The summed E-state index contributed by atoms with van der Waals surface area (Å²) in [5.74, 6) is -3.88. The molecule has 0 aliphatic rings. The number of hydrogen-bond acceptors (Lipinski definition) is 11. The zero-order valence-electron chi connectivity index (χ0n) is 14.8. The fourth-order valence-corrected chi connectivity index (χ4v) is 1.93. The molecule has 0 saturated heterocycles. The molecule has 0 aliphatic heterocycles. The molecular formula is C14H19N3O10. The van der Waals surface area contributed by atoms with Gasteiger partial charge in [-0.25, -0.2) is 0 Å². The third-order valence-corrected chi connectivity index (χ3v) is 2.78. The summed E-state index contributed by atoms with van der Waals surface area (Å²) < 4.78 is 19.4. The van der Waals surface area contributed by atoms with E-state index in [1.165, 1.54) is 0 Å². The van der Waals surface area contributed by atoms with Gasteiger partial charge >= 0.3 is 23.9 Å². The average molecular weight is 389 g/mol. The first-order chi connectivity index (χ1) is 12.7. The monoisotopic (exact) mass is 389 g/mol. The van der Waals surface area contributed by atoms with E-state index in [1.54, 1.807) is 0 Å². The van der Waals surface area contributed by atoms with Crippen molar-refractivity contribution in [3.8, 4) is 0 Å². The maximum atomic E-state index is 11.6. The zero-order valence-corrected chi connectivity index (χ0v) is 14.8. The number of rotatable bonds is 11. The molecule has 0 amide bonds. The first kappa shape index (κ1) is 23.8. The van der Waals surface area contributed by atoms with Crippen LogP contribution in [0.2, 0.25) is 0 Å². The van der Waals surface area contributed by atoms with Crippen molar-refractivity contribution in [3.05, 3.63) is 10.4 Å². The predicted molar refractivity (Wildman–Crippen MR) is 83.7 cm³/mol. The quantitative estimate of drug-likeness (QED) is 0.117. The third-order valence-electron chi connectivity index (χ3n) is 2.78. The van der Waals surface area contributed by atoms with Gasteiger partial charge in [0.2, 0.25) is 0 Å². The van der Waals surface area contributed by atoms with Crippen LogP contribution in [0.4, 0.5) is 0 Å². The number of aliphatic hydroxyl groups is 1. The average Bonchev–Trinajstić information content (AvgIpc) is 2.58. The van der Waals surface area contributed by atoms with E-state index in [-0.39, 0.29) is 6.29 Å². The van der Waals surface area contributed by atoms with Crippen LogP contribution in [0, 0.1) is 0 Å². The van der Waals surface area contributed by atoms with E-state index in [9.17, 15) is 29.1 Å². The lowest BCUT2D eigenvalue weighted by Crippen LogP contribution is -2.53. The van der Waals surface area contributed by atoms with Gasteiger partial charge in [-0.1, -0.05) is 5.11 Å². The molecule has 1 N–H and O–H groups in total. The molecule has 0 saturated carbocycles. The van der Waals surface area contributed by atoms with Crippen LogP contribution in [0.5, 0.6) is 0 Å². The highest BCUT2D eigenvalue weighted by Crippen LogP contribution is 2.18. The fourth-order valence-electron chi connectivity index (χ4n) is 1.93. The SMILES string of the molecule is CC(=O)O[C@@H]([C@H](OC(C)=O)[C@@H](CO)OC(C)=O)[C@@H](C=O)OC(=O)CN=[N+]=[N-]. The lowest BCUT2D eigenvalue weighted by molar-refractivity contribution is -0.199. The number of aliphatic hydroxyl groups excluding tert-OH is 1. The van der Waals surface area contributed by atoms with E-state index < -0.39 is 61.4 Å². The smallest absolute Gasteiger partial charge is 0.312 e. The maximum absolute atomic E-state index is 11.6. The minimum absolute atomic E-state index is 0.0697. The summed E-state index contributed by atoms with van der Waals surface area (Å²) in [5, 5.41) is 12.4. The lowest BCUT2D eigenvalue weighted by Gasteiger charge is -2.33. The normalized spacial score (nSPS) is 14.4. The zero-order chi connectivity index (χ0) is 21.0. The molecule has 0 aromatic heterocycles. The number of azide groups is 1. The Balaban J connectivity index is 5.84. The van der Waals surface area contributed by atoms with Crippen LogP contribution in [0.25, 0.3) is 10.4 Å². The molecule has 0 aromatic carbocycles. The van der Waals surface area contributed by atoms with Crippen molar-refractivity contribution in [1.29, 1.82) is 0 Å². The van der Waals surface area contributed by atoms with Gasteiger partial charge in [0.1, 0.15) is 6.54 Å². The maximum Gasteiger partial charge on any atom is 0.312 e. The summed E-state index contributed by atoms with van der Waals surface area (Å²) in [4.78, 5) is 59.3. The Morgan fingerprint density at radius 1 is 1.00 bits per heavy atom. The van der Waals surface area contributed by atoms with Crippen LogP contribution in [0.3, 0.4) is 0 Å². The molecule has 27 heavy (non-hydrogen) atoms. The number of ether oxygens (including phenoxy) is 4. The standard InChI is InChI=1S/C14H19N3O10/c1-7(20)24-10(5-18)13(25-8(2)21)14(26-9(3)22)11(6-19)27-12(23)4-16-17-15/h6,10-11,13-14,18H,4-5H2,1-3H3/t10-,11-,13-,14-/m1/s1. The van der Waals surface area contributed by atoms with Gasteiger partial charge in [0.05, 0.1) is 6.61 Å². The number of hydrogen-bond donors (Lipinski definition) is 1. The molecule has 0 fully saturated rings. The number of esters is 4. The van der Waals surface area contributed by atoms with Gasteiger partial charge in [-0.3, -0.25) is 24.0 Å². The van der Waals surface area contributed by atoms with Gasteiger partial charge in [0.25, 0.3) is 0 Å². The number of carbonyl (C=O) groups excluding carboxylic acids is 5. The second kappa shape index (κ2) is 12.2. The topological polar surface area (TPSA) is 191 Å². The van der Waals surface area contributed by atoms with Gasteiger partial charge in [-0.05, 0) is 5.53 Å². The van der Waals surface area contributed by atoms with E-state index in [1.807, 2.05) is 0 Å². The van der Waals surface area contributed by atoms with Crippen LogP contribution >= 0.6 is 0 Å². The van der Waals surface area contributed by atoms with Crippen LogP contribution in [0.15, 0.2) is 5.11 Å². The minimum atomic E-state index is -1.82. The molecule has 0 aromatic rings. The van der Waals surface area contributed by atoms with E-state index in [2.05, 4.69) is 10.0 Å². The van der Waals surface area contributed by atoms with E-state index in [0.29, 0.717) is 0 Å². The molecular weight excluding hydrogens is 370 g/mol. The largest absolute Gasteiger partial charge is 0.456 e. The van der Waals surface area contributed by atoms with Gasteiger partial charge in [0.15, 0.2) is 30.7 Å². The minimum Gasteiger partial charge on any atom is -0.456 e. The van der Waals surface area contributed by atoms with Gasteiger partial charge in [-0.15, -0.1) is 0 Å². The molecule has 0 radical (unpaired) electrons. The first-order valence-electron chi connectivity index (χ1n) is 7.44. The molecule has 150 valence electrons. The molecule has 0 heterocycles. The van der Waals surface area contributed by atoms with Crippen molar-refractivity contribution in [1.82, 2.24) is 0 Å². The highest BCUT2D eigenvalue weighted by atomic mass is 16.6.